The van der Waals surface area contributed by atoms with Crippen LogP contribution in [-0.4, -0.2) is 72.3 Å². The van der Waals surface area contributed by atoms with Gasteiger partial charge in [-0.15, -0.1) is 12.4 Å². The number of carbonyl (C=O) groups is 1. The Balaban J connectivity index is 0.00000280. The van der Waals surface area contributed by atoms with E-state index in [2.05, 4.69) is 75.7 Å². The number of hydrogen-bond acceptors (Lipinski definition) is 6. The lowest BCUT2D eigenvalue weighted by Gasteiger charge is -2.36. The molecule has 1 aromatic heterocycles. The first-order valence-corrected chi connectivity index (χ1v) is 12.8. The maximum absolute atomic E-state index is 12.9. The van der Waals surface area contributed by atoms with E-state index in [9.17, 15) is 4.79 Å². The van der Waals surface area contributed by atoms with Gasteiger partial charge in [-0.25, -0.2) is 4.63 Å². The number of carbonyl (C=O) groups excluding carboxylic acids is 1. The van der Waals surface area contributed by atoms with Crippen molar-refractivity contribution in [2.75, 3.05) is 51.2 Å². The van der Waals surface area contributed by atoms with Gasteiger partial charge in [0.2, 0.25) is 5.91 Å². The Bertz CT molecular complexity index is 1340. The fourth-order valence-electron chi connectivity index (χ4n) is 5.66. The van der Waals surface area contributed by atoms with Crippen LogP contribution < -0.4 is 4.90 Å². The molecule has 0 unspecified atom stereocenters. The highest BCUT2D eigenvalue weighted by Crippen LogP contribution is 2.46. The van der Waals surface area contributed by atoms with Crippen LogP contribution in [0.1, 0.15) is 29.9 Å². The smallest absolute Gasteiger partial charge is 0.223 e. The van der Waals surface area contributed by atoms with Crippen molar-refractivity contribution in [3.8, 4) is 11.1 Å². The largest absolute Gasteiger partial charge is 0.368 e. The SMILES string of the molecule is CN(CCC(=O)N1CCN(c2ccc3nonc3c2)CC1)CCC1c2ccccc2-c2ccccc21.Cl. The van der Waals surface area contributed by atoms with Crippen LogP contribution in [0.2, 0.25) is 0 Å². The third-order valence-corrected chi connectivity index (χ3v) is 7.70. The number of aromatic nitrogens is 2. The summed E-state index contributed by atoms with van der Waals surface area (Å²) < 4.78 is 4.80. The summed E-state index contributed by atoms with van der Waals surface area (Å²) in [4.78, 5) is 19.5. The van der Waals surface area contributed by atoms with E-state index in [1.807, 2.05) is 23.1 Å². The summed E-state index contributed by atoms with van der Waals surface area (Å²) in [7, 11) is 2.13. The Labute approximate surface area is 223 Å². The highest BCUT2D eigenvalue weighted by atomic mass is 35.5. The van der Waals surface area contributed by atoms with Gasteiger partial charge in [-0.1, -0.05) is 48.5 Å². The van der Waals surface area contributed by atoms with Gasteiger partial charge in [0.15, 0.2) is 0 Å². The van der Waals surface area contributed by atoms with Gasteiger partial charge in [0.05, 0.1) is 0 Å². The zero-order valence-corrected chi connectivity index (χ0v) is 21.9. The van der Waals surface area contributed by atoms with E-state index in [4.69, 9.17) is 4.63 Å². The number of nitrogens with zero attached hydrogens (tertiary/aromatic N) is 5. The minimum atomic E-state index is 0. The molecule has 2 heterocycles. The van der Waals surface area contributed by atoms with Crippen LogP contribution in [-0.2, 0) is 4.79 Å². The van der Waals surface area contributed by atoms with Crippen LogP contribution in [0.3, 0.4) is 0 Å². The third-order valence-electron chi connectivity index (χ3n) is 7.70. The summed E-state index contributed by atoms with van der Waals surface area (Å²) in [6, 6.07) is 23.5. The average molecular weight is 518 g/mol. The number of benzene rings is 3. The summed E-state index contributed by atoms with van der Waals surface area (Å²) in [5.74, 6) is 0.671. The number of fused-ring (bicyclic) bond motifs is 4. The summed E-state index contributed by atoms with van der Waals surface area (Å²) >= 11 is 0. The van der Waals surface area contributed by atoms with Gasteiger partial charge in [0.25, 0.3) is 0 Å². The van der Waals surface area contributed by atoms with Crippen molar-refractivity contribution < 1.29 is 9.42 Å². The second kappa shape index (κ2) is 10.9. The van der Waals surface area contributed by atoms with Crippen molar-refractivity contribution in [3.63, 3.8) is 0 Å². The molecule has 0 N–H and O–H groups in total. The van der Waals surface area contributed by atoms with Crippen LogP contribution in [0, 0.1) is 0 Å². The molecular formula is C29H32ClN5O2. The number of amides is 1. The van der Waals surface area contributed by atoms with Gasteiger partial charge in [-0.3, -0.25) is 4.79 Å². The fraction of sp³-hybridized carbons (Fsp3) is 0.345. The van der Waals surface area contributed by atoms with Crippen LogP contribution in [0.15, 0.2) is 71.4 Å². The molecule has 1 aliphatic carbocycles. The van der Waals surface area contributed by atoms with Crippen LogP contribution in [0.5, 0.6) is 0 Å². The highest BCUT2D eigenvalue weighted by Gasteiger charge is 2.28. The van der Waals surface area contributed by atoms with Gasteiger partial charge in [0, 0.05) is 50.7 Å². The topological polar surface area (TPSA) is 65.7 Å². The Hall–Kier alpha value is -3.42. The monoisotopic (exact) mass is 517 g/mol. The van der Waals surface area contributed by atoms with Crippen molar-refractivity contribution in [2.24, 2.45) is 0 Å². The number of anilines is 1. The molecule has 0 radical (unpaired) electrons. The molecule has 3 aromatic carbocycles. The fourth-order valence-corrected chi connectivity index (χ4v) is 5.66. The zero-order valence-electron chi connectivity index (χ0n) is 21.0. The first-order chi connectivity index (χ1) is 17.7. The first-order valence-electron chi connectivity index (χ1n) is 12.8. The van der Waals surface area contributed by atoms with Crippen molar-refractivity contribution in [1.82, 2.24) is 20.1 Å². The normalized spacial score (nSPS) is 15.1. The molecule has 7 nitrogen and oxygen atoms in total. The Morgan fingerprint density at radius 2 is 1.54 bits per heavy atom. The van der Waals surface area contributed by atoms with Crippen LogP contribution >= 0.6 is 12.4 Å². The van der Waals surface area contributed by atoms with Gasteiger partial charge < -0.3 is 14.7 Å². The van der Waals surface area contributed by atoms with E-state index >= 15 is 0 Å². The average Bonchev–Trinajstić information content (AvgIpc) is 3.53. The summed E-state index contributed by atoms with van der Waals surface area (Å²) in [5, 5.41) is 7.81. The molecule has 8 heteroatoms. The zero-order chi connectivity index (χ0) is 24.5. The molecular weight excluding hydrogens is 486 g/mol. The number of halogens is 1. The molecule has 1 saturated heterocycles. The minimum absolute atomic E-state index is 0. The standard InChI is InChI=1S/C29H31N5O2.ClH/c1-32(14-12-26-24-8-4-2-6-22(24)23-7-3-5-9-25(23)26)15-13-29(35)34-18-16-33(17-19-34)21-10-11-27-28(20-21)31-36-30-27;/h2-11,20,26H,12-19H2,1H3;1H. The predicted molar refractivity (Wildman–Crippen MR) is 148 cm³/mol. The molecule has 1 aliphatic heterocycles. The molecule has 192 valence electrons. The molecule has 0 atom stereocenters. The summed E-state index contributed by atoms with van der Waals surface area (Å²) in [6.07, 6.45) is 1.62. The van der Waals surface area contributed by atoms with E-state index in [1.165, 1.54) is 22.3 Å². The van der Waals surface area contributed by atoms with E-state index in [0.29, 0.717) is 12.3 Å². The maximum atomic E-state index is 12.9. The third kappa shape index (κ3) is 5.06. The number of rotatable bonds is 7. The Kier molecular flexibility index (Phi) is 7.44. The summed E-state index contributed by atoms with van der Waals surface area (Å²) in [6.45, 7) is 4.87. The van der Waals surface area contributed by atoms with Crippen molar-refractivity contribution in [1.29, 1.82) is 0 Å². The molecule has 0 saturated carbocycles. The van der Waals surface area contributed by atoms with E-state index in [-0.39, 0.29) is 18.3 Å². The molecule has 1 fully saturated rings. The lowest BCUT2D eigenvalue weighted by Crippen LogP contribution is -2.49. The molecule has 4 aromatic rings. The second-order valence-electron chi connectivity index (χ2n) is 9.87. The van der Waals surface area contributed by atoms with Gasteiger partial charge >= 0.3 is 0 Å². The lowest BCUT2D eigenvalue weighted by atomic mass is 9.93. The Morgan fingerprint density at radius 3 is 2.24 bits per heavy atom. The van der Waals surface area contributed by atoms with Gasteiger partial charge in [-0.05, 0) is 70.8 Å². The van der Waals surface area contributed by atoms with E-state index < -0.39 is 0 Å². The number of hydrogen-bond donors (Lipinski definition) is 0. The predicted octanol–water partition coefficient (Wildman–Crippen LogP) is 4.82. The second-order valence-corrected chi connectivity index (χ2v) is 9.87. The van der Waals surface area contributed by atoms with Crippen LogP contribution in [0.4, 0.5) is 5.69 Å². The molecule has 0 bridgehead atoms. The quantitative estimate of drug-likeness (QED) is 0.350. The van der Waals surface area contributed by atoms with Crippen molar-refractivity contribution in [3.05, 3.63) is 77.9 Å². The van der Waals surface area contributed by atoms with Gasteiger partial charge in [-0.2, -0.15) is 0 Å². The van der Waals surface area contributed by atoms with Gasteiger partial charge in [0.1, 0.15) is 11.0 Å². The highest BCUT2D eigenvalue weighted by molar-refractivity contribution is 5.85. The maximum Gasteiger partial charge on any atom is 0.223 e. The lowest BCUT2D eigenvalue weighted by molar-refractivity contribution is -0.131. The molecule has 37 heavy (non-hydrogen) atoms. The van der Waals surface area contributed by atoms with E-state index in [1.54, 1.807) is 0 Å². The first kappa shape index (κ1) is 25.2. The number of piperazine rings is 1. The molecule has 2 aliphatic rings. The molecule has 1 amide bonds. The molecule has 0 spiro atoms. The molecule has 6 rings (SSSR count). The van der Waals surface area contributed by atoms with E-state index in [0.717, 1.165) is 62.4 Å². The van der Waals surface area contributed by atoms with Crippen LogP contribution in [0.25, 0.3) is 22.2 Å². The summed E-state index contributed by atoms with van der Waals surface area (Å²) in [5.41, 5.74) is 8.22. The Morgan fingerprint density at radius 1 is 0.892 bits per heavy atom. The van der Waals surface area contributed by atoms with Crippen molar-refractivity contribution >= 4 is 35.0 Å². The minimum Gasteiger partial charge on any atom is -0.368 e. The van der Waals surface area contributed by atoms with Crippen molar-refractivity contribution in [2.45, 2.75) is 18.8 Å².